The highest BCUT2D eigenvalue weighted by Crippen LogP contribution is 2.18. The first kappa shape index (κ1) is 15.3. The molecule has 1 aliphatic heterocycles. The number of carbonyl (C=O) groups is 2. The van der Waals surface area contributed by atoms with Crippen LogP contribution in [0.1, 0.15) is 10.4 Å². The van der Waals surface area contributed by atoms with Crippen molar-refractivity contribution in [3.05, 3.63) is 29.8 Å². The van der Waals surface area contributed by atoms with E-state index in [1.165, 1.54) is 12.0 Å². The lowest BCUT2D eigenvalue weighted by Crippen LogP contribution is -2.53. The van der Waals surface area contributed by atoms with Crippen LogP contribution in [0.25, 0.3) is 0 Å². The van der Waals surface area contributed by atoms with Gasteiger partial charge < -0.3 is 19.3 Å². The summed E-state index contributed by atoms with van der Waals surface area (Å²) in [5.41, 5.74) is 1.49. The van der Waals surface area contributed by atoms with Crippen LogP contribution in [-0.4, -0.2) is 63.8 Å². The molecular formula is C15H20N2O4. The van der Waals surface area contributed by atoms with Gasteiger partial charge in [-0.2, -0.15) is 0 Å². The first-order valence-corrected chi connectivity index (χ1v) is 6.78. The molecule has 1 aromatic carbocycles. The fraction of sp³-hybridized carbons (Fsp3) is 0.467. The van der Waals surface area contributed by atoms with Gasteiger partial charge in [0.2, 0.25) is 0 Å². The number of hydrogen-bond acceptors (Lipinski definition) is 5. The number of anilines is 1. The van der Waals surface area contributed by atoms with Gasteiger partial charge in [-0.15, -0.1) is 0 Å². The number of hydrogen-bond donors (Lipinski definition) is 0. The van der Waals surface area contributed by atoms with Gasteiger partial charge in [-0.25, -0.2) is 4.79 Å². The van der Waals surface area contributed by atoms with Gasteiger partial charge in [-0.3, -0.25) is 4.79 Å². The third-order valence-corrected chi connectivity index (χ3v) is 3.47. The monoisotopic (exact) mass is 292 g/mol. The normalized spacial score (nSPS) is 18.2. The van der Waals surface area contributed by atoms with Crippen molar-refractivity contribution < 1.29 is 19.1 Å². The van der Waals surface area contributed by atoms with E-state index in [0.29, 0.717) is 18.7 Å². The van der Waals surface area contributed by atoms with E-state index in [1.54, 1.807) is 6.07 Å². The van der Waals surface area contributed by atoms with Crippen molar-refractivity contribution in [1.29, 1.82) is 0 Å². The van der Waals surface area contributed by atoms with Crippen molar-refractivity contribution in [1.82, 2.24) is 4.90 Å². The molecule has 6 nitrogen and oxygen atoms in total. The summed E-state index contributed by atoms with van der Waals surface area (Å²) in [5.74, 6) is -0.635. The average molecular weight is 292 g/mol. The molecule has 21 heavy (non-hydrogen) atoms. The lowest BCUT2D eigenvalue weighted by molar-refractivity contribution is -0.151. The first-order valence-electron chi connectivity index (χ1n) is 6.78. The molecule has 1 aromatic rings. The SMILES string of the molecule is COC(=O)C1COCCN1C(=O)c1cccc(N(C)C)c1. The Hall–Kier alpha value is -2.08. The second kappa shape index (κ2) is 6.58. The number of benzene rings is 1. The largest absolute Gasteiger partial charge is 0.467 e. The molecule has 1 amide bonds. The zero-order valence-electron chi connectivity index (χ0n) is 12.5. The molecule has 1 atom stereocenters. The molecule has 1 aliphatic rings. The molecule has 0 aromatic heterocycles. The maximum Gasteiger partial charge on any atom is 0.331 e. The molecule has 1 heterocycles. The molecule has 0 saturated carbocycles. The Morgan fingerprint density at radius 3 is 2.81 bits per heavy atom. The van der Waals surface area contributed by atoms with E-state index < -0.39 is 12.0 Å². The summed E-state index contributed by atoms with van der Waals surface area (Å²) in [6.07, 6.45) is 0. The van der Waals surface area contributed by atoms with Crippen molar-refractivity contribution in [3.63, 3.8) is 0 Å². The van der Waals surface area contributed by atoms with Crippen LogP contribution in [0.4, 0.5) is 5.69 Å². The fourth-order valence-electron chi connectivity index (χ4n) is 2.26. The highest BCUT2D eigenvalue weighted by molar-refractivity contribution is 5.97. The third-order valence-electron chi connectivity index (χ3n) is 3.47. The van der Waals surface area contributed by atoms with Crippen LogP contribution in [0.2, 0.25) is 0 Å². The number of carbonyl (C=O) groups excluding carboxylic acids is 2. The van der Waals surface area contributed by atoms with E-state index in [-0.39, 0.29) is 12.5 Å². The van der Waals surface area contributed by atoms with Crippen LogP contribution < -0.4 is 4.90 Å². The van der Waals surface area contributed by atoms with Gasteiger partial charge in [0.15, 0.2) is 6.04 Å². The Morgan fingerprint density at radius 1 is 1.38 bits per heavy atom. The van der Waals surface area contributed by atoms with Crippen molar-refractivity contribution in [2.75, 3.05) is 45.9 Å². The summed E-state index contributed by atoms with van der Waals surface area (Å²) in [5, 5.41) is 0. The van der Waals surface area contributed by atoms with Crippen molar-refractivity contribution in [3.8, 4) is 0 Å². The van der Waals surface area contributed by atoms with Gasteiger partial charge in [0, 0.05) is 31.9 Å². The number of rotatable bonds is 3. The summed E-state index contributed by atoms with van der Waals surface area (Å²) in [6, 6.07) is 6.63. The molecule has 0 aliphatic carbocycles. The Labute approximate surface area is 124 Å². The summed E-state index contributed by atoms with van der Waals surface area (Å²) >= 11 is 0. The standard InChI is InChI=1S/C15H20N2O4/c1-16(2)12-6-4-5-11(9-12)14(18)17-7-8-21-10-13(17)15(19)20-3/h4-6,9,13H,7-8,10H2,1-3H3. The van der Waals surface area contributed by atoms with Crippen LogP contribution in [0.5, 0.6) is 0 Å². The fourth-order valence-corrected chi connectivity index (χ4v) is 2.26. The second-order valence-electron chi connectivity index (χ2n) is 5.06. The van der Waals surface area contributed by atoms with Gasteiger partial charge >= 0.3 is 5.97 Å². The third kappa shape index (κ3) is 3.33. The van der Waals surface area contributed by atoms with Crippen molar-refractivity contribution >= 4 is 17.6 Å². The molecule has 6 heteroatoms. The second-order valence-corrected chi connectivity index (χ2v) is 5.06. The zero-order valence-corrected chi connectivity index (χ0v) is 12.5. The molecule has 114 valence electrons. The van der Waals surface area contributed by atoms with Crippen LogP contribution in [-0.2, 0) is 14.3 Å². The molecule has 2 rings (SSSR count). The lowest BCUT2D eigenvalue weighted by Gasteiger charge is -2.33. The van der Waals surface area contributed by atoms with Crippen LogP contribution in [0.15, 0.2) is 24.3 Å². The predicted molar refractivity (Wildman–Crippen MR) is 78.4 cm³/mol. The molecule has 1 saturated heterocycles. The highest BCUT2D eigenvalue weighted by Gasteiger charge is 2.34. The van der Waals surface area contributed by atoms with Crippen molar-refractivity contribution in [2.24, 2.45) is 0 Å². The van der Waals surface area contributed by atoms with Crippen LogP contribution in [0, 0.1) is 0 Å². The maximum absolute atomic E-state index is 12.6. The first-order chi connectivity index (χ1) is 10.0. The van der Waals surface area contributed by atoms with Gasteiger partial charge in [0.25, 0.3) is 5.91 Å². The Kier molecular flexibility index (Phi) is 4.80. The van der Waals surface area contributed by atoms with E-state index in [1.807, 2.05) is 37.2 Å². The summed E-state index contributed by atoms with van der Waals surface area (Å²) in [6.45, 7) is 0.975. The van der Waals surface area contributed by atoms with Crippen LogP contribution >= 0.6 is 0 Å². The summed E-state index contributed by atoms with van der Waals surface area (Å²) < 4.78 is 10.0. The van der Waals surface area contributed by atoms with Gasteiger partial charge in [0.1, 0.15) is 0 Å². The number of esters is 1. The number of ether oxygens (including phenoxy) is 2. The molecule has 0 bridgehead atoms. The van der Waals surface area contributed by atoms with Crippen LogP contribution in [0.3, 0.4) is 0 Å². The Bertz CT molecular complexity index is 530. The van der Waals surface area contributed by atoms with E-state index in [9.17, 15) is 9.59 Å². The number of morpholine rings is 1. The quantitative estimate of drug-likeness (QED) is 0.770. The van der Waals surface area contributed by atoms with E-state index in [0.717, 1.165) is 5.69 Å². The zero-order chi connectivity index (χ0) is 15.4. The minimum atomic E-state index is -0.681. The van der Waals surface area contributed by atoms with E-state index in [4.69, 9.17) is 9.47 Å². The van der Waals surface area contributed by atoms with Gasteiger partial charge in [-0.05, 0) is 18.2 Å². The molecule has 0 spiro atoms. The lowest BCUT2D eigenvalue weighted by atomic mass is 10.1. The number of amides is 1. The van der Waals surface area contributed by atoms with E-state index in [2.05, 4.69) is 0 Å². The smallest absolute Gasteiger partial charge is 0.331 e. The molecule has 0 N–H and O–H groups in total. The van der Waals surface area contributed by atoms with Gasteiger partial charge in [0.05, 0.1) is 20.3 Å². The highest BCUT2D eigenvalue weighted by atomic mass is 16.5. The molecule has 0 radical (unpaired) electrons. The molecule has 1 fully saturated rings. The Balaban J connectivity index is 2.24. The van der Waals surface area contributed by atoms with Crippen molar-refractivity contribution in [2.45, 2.75) is 6.04 Å². The summed E-state index contributed by atoms with van der Waals surface area (Å²) in [4.78, 5) is 27.9. The van der Waals surface area contributed by atoms with Gasteiger partial charge in [-0.1, -0.05) is 6.07 Å². The predicted octanol–water partition coefficient (Wildman–Crippen LogP) is 0.767. The van der Waals surface area contributed by atoms with E-state index >= 15 is 0 Å². The number of methoxy groups -OCH3 is 1. The minimum Gasteiger partial charge on any atom is -0.467 e. The maximum atomic E-state index is 12.6. The number of nitrogens with zero attached hydrogens (tertiary/aromatic N) is 2. The molecular weight excluding hydrogens is 272 g/mol. The average Bonchev–Trinajstić information content (AvgIpc) is 2.53. The summed E-state index contributed by atoms with van der Waals surface area (Å²) in [7, 11) is 5.14. The molecule has 1 unspecified atom stereocenters. The topological polar surface area (TPSA) is 59.1 Å². The Morgan fingerprint density at radius 2 is 2.14 bits per heavy atom. The minimum absolute atomic E-state index is 0.172.